The van der Waals surface area contributed by atoms with Gasteiger partial charge in [-0.05, 0) is 44.4 Å². The fourth-order valence-corrected chi connectivity index (χ4v) is 2.36. The third-order valence-corrected chi connectivity index (χ3v) is 3.81. The molecule has 1 heterocycles. The summed E-state index contributed by atoms with van der Waals surface area (Å²) in [4.78, 5) is 15.8. The van der Waals surface area contributed by atoms with E-state index in [4.69, 9.17) is 10.5 Å². The molecule has 2 rings (SSSR count). The highest BCUT2D eigenvalue weighted by Gasteiger charge is 2.17. The number of carbonyl (C=O) groups is 1. The van der Waals surface area contributed by atoms with Crippen LogP contribution in [0.1, 0.15) is 42.1 Å². The van der Waals surface area contributed by atoms with Gasteiger partial charge in [0.25, 0.3) is 5.91 Å². The van der Waals surface area contributed by atoms with Crippen LogP contribution in [0.25, 0.3) is 0 Å². The van der Waals surface area contributed by atoms with Gasteiger partial charge in [0.2, 0.25) is 5.95 Å². The Morgan fingerprint density at radius 1 is 1.33 bits per heavy atom. The van der Waals surface area contributed by atoms with Gasteiger partial charge in [0, 0.05) is 5.56 Å². The highest BCUT2D eigenvalue weighted by Crippen LogP contribution is 2.26. The maximum Gasteiger partial charge on any atom is 0.259 e. The van der Waals surface area contributed by atoms with E-state index < -0.39 is 17.7 Å². The molecule has 2 aromatic rings. The van der Waals surface area contributed by atoms with Gasteiger partial charge >= 0.3 is 0 Å². The summed E-state index contributed by atoms with van der Waals surface area (Å²) in [6.07, 6.45) is 6.70. The molecule has 27 heavy (non-hydrogen) atoms. The van der Waals surface area contributed by atoms with Crippen LogP contribution in [0.3, 0.4) is 0 Å². The summed E-state index contributed by atoms with van der Waals surface area (Å²) in [7, 11) is 0. The van der Waals surface area contributed by atoms with Gasteiger partial charge in [-0.1, -0.05) is 25.1 Å². The molecule has 1 aromatic heterocycles. The van der Waals surface area contributed by atoms with E-state index in [1.807, 2.05) is 0 Å². The zero-order chi connectivity index (χ0) is 19.8. The molecular weight excluding hydrogens is 352 g/mol. The van der Waals surface area contributed by atoms with E-state index in [1.54, 1.807) is 6.07 Å². The Labute approximate surface area is 157 Å². The number of nitrogens with zero attached hydrogens (tertiary/aromatic N) is 1. The number of allylic oxidation sites excluding steroid dienone is 2. The Hall–Kier alpha value is -2.96. The number of halogens is 2. The average molecular weight is 375 g/mol. The maximum atomic E-state index is 14.6. The minimum absolute atomic E-state index is 0.0256. The molecule has 144 valence electrons. The van der Waals surface area contributed by atoms with Crippen molar-refractivity contribution >= 4 is 17.4 Å². The van der Waals surface area contributed by atoms with E-state index in [2.05, 4.69) is 29.4 Å². The van der Waals surface area contributed by atoms with Crippen LogP contribution in [0.15, 0.2) is 36.4 Å². The number of ether oxygens (including phenoxy) is 1. The second-order valence-electron chi connectivity index (χ2n) is 5.97. The number of pyridine rings is 1. The summed E-state index contributed by atoms with van der Waals surface area (Å²) < 4.78 is 33.4. The second-order valence-corrected chi connectivity index (χ2v) is 5.97. The van der Waals surface area contributed by atoms with Crippen LogP contribution in [0.5, 0.6) is 5.75 Å². The van der Waals surface area contributed by atoms with Gasteiger partial charge in [-0.2, -0.15) is 4.39 Å². The molecule has 0 aliphatic carbocycles. The van der Waals surface area contributed by atoms with Crippen LogP contribution in [0.2, 0.25) is 0 Å². The fraction of sp³-hybridized carbons (Fsp3) is 0.300. The predicted octanol–water partition coefficient (Wildman–Crippen LogP) is 4.63. The van der Waals surface area contributed by atoms with Gasteiger partial charge in [-0.25, -0.2) is 9.37 Å². The maximum absolute atomic E-state index is 14.6. The zero-order valence-corrected chi connectivity index (χ0v) is 15.4. The number of hydrogen-bond acceptors (Lipinski definition) is 4. The van der Waals surface area contributed by atoms with Crippen molar-refractivity contribution in [2.75, 3.05) is 17.7 Å². The first-order chi connectivity index (χ1) is 12.9. The first kappa shape index (κ1) is 20.4. The first-order valence-corrected chi connectivity index (χ1v) is 8.74. The fourth-order valence-electron chi connectivity index (χ4n) is 2.36. The number of anilines is 2. The van der Waals surface area contributed by atoms with Gasteiger partial charge in [0.05, 0.1) is 17.9 Å². The number of nitrogens with one attached hydrogen (secondary N) is 1. The average Bonchev–Trinajstić information content (AvgIpc) is 2.63. The molecule has 0 aliphatic rings. The van der Waals surface area contributed by atoms with E-state index in [1.165, 1.54) is 25.1 Å². The van der Waals surface area contributed by atoms with Crippen molar-refractivity contribution in [3.63, 3.8) is 0 Å². The molecule has 0 radical (unpaired) electrons. The van der Waals surface area contributed by atoms with E-state index in [-0.39, 0.29) is 28.4 Å². The minimum Gasteiger partial charge on any atom is -0.490 e. The molecular formula is C20H23F2N3O2. The van der Waals surface area contributed by atoms with Gasteiger partial charge in [-0.3, -0.25) is 4.79 Å². The molecule has 0 saturated carbocycles. The lowest BCUT2D eigenvalue weighted by atomic mass is 10.1. The summed E-state index contributed by atoms with van der Waals surface area (Å²) in [5.74, 6) is -2.32. The Balaban J connectivity index is 2.06. The Kier molecular flexibility index (Phi) is 7.28. The van der Waals surface area contributed by atoms with E-state index in [0.29, 0.717) is 6.61 Å². The number of amides is 1. The third-order valence-electron chi connectivity index (χ3n) is 3.81. The summed E-state index contributed by atoms with van der Waals surface area (Å²) in [6, 6.07) is 5.74. The quantitative estimate of drug-likeness (QED) is 0.401. The van der Waals surface area contributed by atoms with Crippen molar-refractivity contribution in [1.82, 2.24) is 4.98 Å². The van der Waals surface area contributed by atoms with Crippen LogP contribution in [0, 0.1) is 18.7 Å². The molecule has 0 aliphatic heterocycles. The van der Waals surface area contributed by atoms with Gasteiger partial charge in [-0.15, -0.1) is 0 Å². The summed E-state index contributed by atoms with van der Waals surface area (Å²) in [5.41, 5.74) is 5.69. The van der Waals surface area contributed by atoms with Crippen molar-refractivity contribution in [2.24, 2.45) is 0 Å². The molecule has 0 fully saturated rings. The number of carbonyl (C=O) groups excluding carboxylic acids is 1. The molecule has 0 spiro atoms. The predicted molar refractivity (Wildman–Crippen MR) is 102 cm³/mol. The van der Waals surface area contributed by atoms with Crippen LogP contribution in [-0.4, -0.2) is 17.5 Å². The van der Waals surface area contributed by atoms with Gasteiger partial charge < -0.3 is 15.8 Å². The largest absolute Gasteiger partial charge is 0.490 e. The summed E-state index contributed by atoms with van der Waals surface area (Å²) >= 11 is 0. The minimum atomic E-state index is -0.751. The first-order valence-electron chi connectivity index (χ1n) is 8.74. The number of hydrogen-bond donors (Lipinski definition) is 2. The SMILES string of the molecule is CCC=CCCCOc1cccc(NC(=O)c2cc(C)c(F)nc2N)c1F. The standard InChI is InChI=1S/C20H23F2N3O2/c1-3-4-5-6-7-11-27-16-10-8-9-15(17(16)21)24-20(26)14-12-13(2)18(22)25-19(14)23/h4-5,8-10,12H,3,6-7,11H2,1-2H3,(H2,23,25)(H,24,26). The Morgan fingerprint density at radius 2 is 2.11 bits per heavy atom. The molecule has 0 atom stereocenters. The molecule has 0 bridgehead atoms. The second kappa shape index (κ2) is 9.66. The number of nitrogen functional groups attached to an aromatic ring is 1. The van der Waals surface area contributed by atoms with Crippen molar-refractivity contribution in [1.29, 1.82) is 0 Å². The van der Waals surface area contributed by atoms with Crippen LogP contribution < -0.4 is 15.8 Å². The zero-order valence-electron chi connectivity index (χ0n) is 15.4. The van der Waals surface area contributed by atoms with E-state index in [0.717, 1.165) is 19.3 Å². The topological polar surface area (TPSA) is 77.2 Å². The lowest BCUT2D eigenvalue weighted by Gasteiger charge is -2.12. The lowest BCUT2D eigenvalue weighted by Crippen LogP contribution is -2.17. The number of rotatable bonds is 8. The number of unbranched alkanes of at least 4 members (excludes halogenated alkanes) is 1. The number of benzene rings is 1. The van der Waals surface area contributed by atoms with Crippen molar-refractivity contribution in [2.45, 2.75) is 33.1 Å². The molecule has 0 unspecified atom stereocenters. The monoisotopic (exact) mass is 375 g/mol. The highest BCUT2D eigenvalue weighted by atomic mass is 19.1. The molecule has 1 aromatic carbocycles. The third kappa shape index (κ3) is 5.51. The molecule has 1 amide bonds. The summed E-state index contributed by atoms with van der Waals surface area (Å²) in [6.45, 7) is 3.87. The van der Waals surface area contributed by atoms with Crippen molar-refractivity contribution < 1.29 is 18.3 Å². The van der Waals surface area contributed by atoms with Gasteiger partial charge in [0.15, 0.2) is 11.6 Å². The molecule has 0 saturated heterocycles. The van der Waals surface area contributed by atoms with Crippen LogP contribution >= 0.6 is 0 Å². The Bertz CT molecular complexity index is 838. The number of aromatic nitrogens is 1. The number of aryl methyl sites for hydroxylation is 1. The van der Waals surface area contributed by atoms with Crippen molar-refractivity contribution in [3.05, 3.63) is 59.3 Å². The lowest BCUT2D eigenvalue weighted by molar-refractivity contribution is 0.102. The van der Waals surface area contributed by atoms with Gasteiger partial charge in [0.1, 0.15) is 5.82 Å². The van der Waals surface area contributed by atoms with Crippen LogP contribution in [-0.2, 0) is 0 Å². The smallest absolute Gasteiger partial charge is 0.259 e. The Morgan fingerprint density at radius 3 is 2.85 bits per heavy atom. The normalized spacial score (nSPS) is 11.0. The molecule has 7 heteroatoms. The number of nitrogens with two attached hydrogens (primary N) is 1. The molecule has 3 N–H and O–H groups in total. The highest BCUT2D eigenvalue weighted by molar-refractivity contribution is 6.07. The van der Waals surface area contributed by atoms with E-state index >= 15 is 0 Å². The van der Waals surface area contributed by atoms with Crippen molar-refractivity contribution in [3.8, 4) is 5.75 Å². The van der Waals surface area contributed by atoms with Crippen LogP contribution in [0.4, 0.5) is 20.3 Å². The van der Waals surface area contributed by atoms with E-state index in [9.17, 15) is 13.6 Å². The molecule has 5 nitrogen and oxygen atoms in total. The summed E-state index contributed by atoms with van der Waals surface area (Å²) in [5, 5.41) is 2.43.